The molecular formula is C46H29NOS. The van der Waals surface area contributed by atoms with E-state index in [4.69, 9.17) is 4.42 Å². The summed E-state index contributed by atoms with van der Waals surface area (Å²) in [4.78, 5) is 2.37. The molecule has 0 unspecified atom stereocenters. The van der Waals surface area contributed by atoms with Gasteiger partial charge in [-0.15, -0.1) is 11.3 Å². The molecule has 2 nitrogen and oxygen atoms in total. The van der Waals surface area contributed by atoms with Crippen molar-refractivity contribution in [3.8, 4) is 22.3 Å². The Morgan fingerprint density at radius 3 is 1.92 bits per heavy atom. The predicted octanol–water partition coefficient (Wildman–Crippen LogP) is 13.9. The summed E-state index contributed by atoms with van der Waals surface area (Å²) >= 11 is 1.85. The lowest BCUT2D eigenvalue weighted by atomic mass is 10.0. The molecule has 2 heterocycles. The lowest BCUT2D eigenvalue weighted by Crippen LogP contribution is -2.09. The van der Waals surface area contributed by atoms with Crippen LogP contribution in [0.4, 0.5) is 17.1 Å². The zero-order chi connectivity index (χ0) is 32.3. The smallest absolute Gasteiger partial charge is 0.143 e. The topological polar surface area (TPSA) is 16.4 Å². The fourth-order valence-corrected chi connectivity index (χ4v) is 8.44. The van der Waals surface area contributed by atoms with Crippen LogP contribution in [0.25, 0.3) is 75.1 Å². The van der Waals surface area contributed by atoms with Crippen molar-refractivity contribution in [3.63, 3.8) is 0 Å². The summed E-state index contributed by atoms with van der Waals surface area (Å²) in [6.45, 7) is 0. The molecule has 0 saturated carbocycles. The first kappa shape index (κ1) is 27.9. The van der Waals surface area contributed by atoms with E-state index in [1.807, 2.05) is 11.3 Å². The highest BCUT2D eigenvalue weighted by molar-refractivity contribution is 7.25. The molecule has 0 bridgehead atoms. The van der Waals surface area contributed by atoms with Crippen LogP contribution in [0.5, 0.6) is 0 Å². The lowest BCUT2D eigenvalue weighted by Gasteiger charge is -2.26. The average molecular weight is 644 g/mol. The lowest BCUT2D eigenvalue weighted by molar-refractivity contribution is 0.674. The maximum atomic E-state index is 6.68. The number of thiophene rings is 1. The Bertz CT molecular complexity index is 2830. The molecule has 10 aromatic rings. The number of furan rings is 1. The number of fused-ring (bicyclic) bond motifs is 8. The van der Waals surface area contributed by atoms with Gasteiger partial charge in [-0.3, -0.25) is 0 Å². The van der Waals surface area contributed by atoms with Gasteiger partial charge < -0.3 is 9.32 Å². The fourth-order valence-electron chi connectivity index (χ4n) is 7.30. The van der Waals surface area contributed by atoms with Gasteiger partial charge in [0.25, 0.3) is 0 Å². The maximum Gasteiger partial charge on any atom is 0.143 e. The molecule has 0 saturated heterocycles. The molecule has 10 rings (SSSR count). The third kappa shape index (κ3) is 4.62. The van der Waals surface area contributed by atoms with E-state index in [9.17, 15) is 0 Å². The quantitative estimate of drug-likeness (QED) is 0.186. The highest BCUT2D eigenvalue weighted by Gasteiger charge is 2.18. The number of benzene rings is 8. The van der Waals surface area contributed by atoms with Crippen molar-refractivity contribution in [2.45, 2.75) is 0 Å². The van der Waals surface area contributed by atoms with Crippen molar-refractivity contribution < 1.29 is 4.42 Å². The highest BCUT2D eigenvalue weighted by atomic mass is 32.1. The Morgan fingerprint density at radius 1 is 0.367 bits per heavy atom. The van der Waals surface area contributed by atoms with Crippen molar-refractivity contribution in [2.75, 3.05) is 4.90 Å². The maximum absolute atomic E-state index is 6.68. The first-order chi connectivity index (χ1) is 24.3. The van der Waals surface area contributed by atoms with E-state index in [0.29, 0.717) is 0 Å². The normalized spacial score (nSPS) is 11.7. The Kier molecular flexibility index (Phi) is 6.39. The Labute approximate surface area is 287 Å². The molecule has 0 aliphatic carbocycles. The molecule has 0 aliphatic heterocycles. The molecule has 3 heteroatoms. The van der Waals surface area contributed by atoms with Gasteiger partial charge in [-0.1, -0.05) is 127 Å². The van der Waals surface area contributed by atoms with Crippen molar-refractivity contribution >= 4 is 81.3 Å². The third-order valence-corrected chi connectivity index (χ3v) is 10.8. The minimum absolute atomic E-state index is 0.921. The van der Waals surface area contributed by atoms with Crippen molar-refractivity contribution in [3.05, 3.63) is 176 Å². The SMILES string of the molecule is c1ccc(-c2cccc(N(c3ccc(-c4cccc5c4oc4c6ccccc6ccc54)cc3)c3ccc4c(c3)sc3ccccc34)c2)cc1. The molecule has 2 aromatic heterocycles. The van der Waals surface area contributed by atoms with Gasteiger partial charge in [0.05, 0.1) is 0 Å². The standard InChI is InChI=1S/C46H29NOS/c1-2-10-30(11-3-1)33-13-8-14-35(28-33)47(36-25-27-40-39-16-6-7-19-43(39)49-44(40)29-36)34-23-20-32(21-24-34)38-17-9-18-41-42-26-22-31-12-4-5-15-37(31)46(42)48-45(38)41/h1-29H. The zero-order valence-electron chi connectivity index (χ0n) is 26.5. The minimum atomic E-state index is 0.921. The second-order valence-electron chi connectivity index (χ2n) is 12.5. The van der Waals surface area contributed by atoms with Gasteiger partial charge in [-0.25, -0.2) is 0 Å². The molecular weight excluding hydrogens is 615 g/mol. The van der Waals surface area contributed by atoms with Gasteiger partial charge in [-0.05, 0) is 70.6 Å². The molecule has 0 spiro atoms. The zero-order valence-corrected chi connectivity index (χ0v) is 27.3. The van der Waals surface area contributed by atoms with Gasteiger partial charge in [0.1, 0.15) is 11.2 Å². The molecule has 0 radical (unpaired) electrons. The average Bonchev–Trinajstić information content (AvgIpc) is 3.74. The largest absolute Gasteiger partial charge is 0.455 e. The first-order valence-corrected chi connectivity index (χ1v) is 17.4. The van der Waals surface area contributed by atoms with Crippen molar-refractivity contribution in [2.24, 2.45) is 0 Å². The molecule has 0 aliphatic rings. The van der Waals surface area contributed by atoms with Gasteiger partial charge in [0.2, 0.25) is 0 Å². The number of para-hydroxylation sites is 1. The van der Waals surface area contributed by atoms with E-state index in [2.05, 4.69) is 181 Å². The number of hydrogen-bond acceptors (Lipinski definition) is 3. The van der Waals surface area contributed by atoms with Crippen LogP contribution in [0.2, 0.25) is 0 Å². The Hall–Kier alpha value is -6.16. The number of anilines is 3. The summed E-state index contributed by atoms with van der Waals surface area (Å²) in [7, 11) is 0. The van der Waals surface area contributed by atoms with Gasteiger partial charge in [0, 0.05) is 59.0 Å². The first-order valence-electron chi connectivity index (χ1n) is 16.6. The van der Waals surface area contributed by atoms with Crippen LogP contribution in [-0.4, -0.2) is 0 Å². The fraction of sp³-hybridized carbons (Fsp3) is 0. The summed E-state index contributed by atoms with van der Waals surface area (Å²) in [5, 5.41) is 7.21. The van der Waals surface area contributed by atoms with Crippen molar-refractivity contribution in [1.82, 2.24) is 0 Å². The van der Waals surface area contributed by atoms with Crippen LogP contribution in [0.1, 0.15) is 0 Å². The molecule has 8 aromatic carbocycles. The van der Waals surface area contributed by atoms with Crippen LogP contribution in [-0.2, 0) is 0 Å². The summed E-state index contributed by atoms with van der Waals surface area (Å²) in [6, 6.07) is 63.2. The molecule has 0 N–H and O–H groups in total. The van der Waals surface area contributed by atoms with Crippen LogP contribution in [0, 0.1) is 0 Å². The Morgan fingerprint density at radius 2 is 1.02 bits per heavy atom. The van der Waals surface area contributed by atoms with E-state index >= 15 is 0 Å². The van der Waals surface area contributed by atoms with Gasteiger partial charge in [0.15, 0.2) is 0 Å². The van der Waals surface area contributed by atoms with E-state index in [0.717, 1.165) is 55.5 Å². The van der Waals surface area contributed by atoms with E-state index in [1.54, 1.807) is 0 Å². The van der Waals surface area contributed by atoms with E-state index < -0.39 is 0 Å². The van der Waals surface area contributed by atoms with E-state index in [-0.39, 0.29) is 0 Å². The molecule has 230 valence electrons. The molecule has 49 heavy (non-hydrogen) atoms. The minimum Gasteiger partial charge on any atom is -0.455 e. The number of hydrogen-bond donors (Lipinski definition) is 0. The molecule has 0 amide bonds. The van der Waals surface area contributed by atoms with Crippen LogP contribution < -0.4 is 4.90 Å². The third-order valence-electron chi connectivity index (χ3n) is 9.66. The van der Waals surface area contributed by atoms with Gasteiger partial charge in [-0.2, -0.15) is 0 Å². The van der Waals surface area contributed by atoms with Crippen molar-refractivity contribution in [1.29, 1.82) is 0 Å². The molecule has 0 atom stereocenters. The Balaban J connectivity index is 1.11. The van der Waals surface area contributed by atoms with E-state index in [1.165, 1.54) is 36.7 Å². The monoisotopic (exact) mass is 643 g/mol. The summed E-state index contributed by atoms with van der Waals surface area (Å²) < 4.78 is 9.27. The predicted molar refractivity (Wildman–Crippen MR) is 210 cm³/mol. The summed E-state index contributed by atoms with van der Waals surface area (Å²) in [6.07, 6.45) is 0. The van der Waals surface area contributed by atoms with Crippen LogP contribution >= 0.6 is 11.3 Å². The van der Waals surface area contributed by atoms with Crippen LogP contribution in [0.3, 0.4) is 0 Å². The second kappa shape index (κ2) is 11.2. The summed E-state index contributed by atoms with van der Waals surface area (Å²) in [5.41, 5.74) is 9.80. The second-order valence-corrected chi connectivity index (χ2v) is 13.6. The van der Waals surface area contributed by atoms with Gasteiger partial charge >= 0.3 is 0 Å². The summed E-state index contributed by atoms with van der Waals surface area (Å²) in [5.74, 6) is 0. The number of rotatable bonds is 5. The van der Waals surface area contributed by atoms with Crippen LogP contribution in [0.15, 0.2) is 180 Å². The highest BCUT2D eigenvalue weighted by Crippen LogP contribution is 2.43. The number of nitrogens with zero attached hydrogens (tertiary/aromatic N) is 1. The molecule has 0 fully saturated rings.